The third-order valence-electron chi connectivity index (χ3n) is 4.07. The molecule has 6 heteroatoms. The van der Waals surface area contributed by atoms with Gasteiger partial charge in [0.2, 0.25) is 5.91 Å². The van der Waals surface area contributed by atoms with Crippen molar-refractivity contribution >= 4 is 11.9 Å². The zero-order valence-corrected chi connectivity index (χ0v) is 12.6. The molecule has 0 atom stereocenters. The van der Waals surface area contributed by atoms with Crippen LogP contribution in [0.5, 0.6) is 0 Å². The van der Waals surface area contributed by atoms with Crippen molar-refractivity contribution in [2.24, 2.45) is 11.7 Å². The second kappa shape index (κ2) is 7.77. The van der Waals surface area contributed by atoms with Gasteiger partial charge in [-0.3, -0.25) is 4.79 Å². The van der Waals surface area contributed by atoms with E-state index >= 15 is 0 Å². The molecule has 1 saturated heterocycles. The number of hydrogen-bond donors (Lipinski definition) is 2. The van der Waals surface area contributed by atoms with Gasteiger partial charge in [0.05, 0.1) is 0 Å². The van der Waals surface area contributed by atoms with E-state index in [0.29, 0.717) is 38.4 Å². The van der Waals surface area contributed by atoms with Crippen LogP contribution in [0.1, 0.15) is 24.8 Å². The molecule has 1 aliphatic heterocycles. The topological polar surface area (TPSA) is 75.4 Å². The molecule has 1 heterocycles. The number of carbonyl (C=O) groups excluding carboxylic acids is 2. The van der Waals surface area contributed by atoms with E-state index in [1.165, 1.54) is 12.1 Å². The van der Waals surface area contributed by atoms with Crippen LogP contribution in [0, 0.1) is 11.7 Å². The van der Waals surface area contributed by atoms with Crippen LogP contribution in [0.2, 0.25) is 0 Å². The van der Waals surface area contributed by atoms with Gasteiger partial charge in [-0.15, -0.1) is 0 Å². The summed E-state index contributed by atoms with van der Waals surface area (Å²) in [6.07, 6.45) is 2.82. The Balaban J connectivity index is 1.70. The van der Waals surface area contributed by atoms with Gasteiger partial charge in [0.15, 0.2) is 0 Å². The number of rotatable bonds is 5. The summed E-state index contributed by atoms with van der Waals surface area (Å²) in [5.74, 6) is 0.251. The number of piperidine rings is 1. The average Bonchev–Trinajstić information content (AvgIpc) is 2.52. The Bertz CT molecular complexity index is 511. The van der Waals surface area contributed by atoms with Crippen molar-refractivity contribution in [1.82, 2.24) is 10.2 Å². The number of primary amides is 1. The molecule has 5 nitrogen and oxygen atoms in total. The van der Waals surface area contributed by atoms with Crippen LogP contribution >= 0.6 is 0 Å². The number of urea groups is 1. The molecule has 3 amide bonds. The number of aryl methyl sites for hydroxylation is 1. The van der Waals surface area contributed by atoms with Crippen molar-refractivity contribution in [2.45, 2.75) is 25.7 Å². The number of likely N-dealkylation sites (tertiary alicyclic amines) is 1. The second-order valence-electron chi connectivity index (χ2n) is 5.70. The lowest BCUT2D eigenvalue weighted by atomic mass is 9.96. The van der Waals surface area contributed by atoms with E-state index in [-0.39, 0.29) is 11.7 Å². The molecule has 22 heavy (non-hydrogen) atoms. The minimum atomic E-state index is -0.502. The maximum Gasteiger partial charge on any atom is 0.312 e. The number of amides is 3. The molecule has 0 aliphatic carbocycles. The molecular formula is C16H22FN3O2. The highest BCUT2D eigenvalue weighted by molar-refractivity contribution is 5.76. The maximum absolute atomic E-state index is 12.8. The zero-order chi connectivity index (χ0) is 15.9. The van der Waals surface area contributed by atoms with Gasteiger partial charge in [-0.2, -0.15) is 0 Å². The SMILES string of the molecule is NC(=O)NCC1CCN(C(=O)CCc2ccc(F)cc2)CC1. The number of benzene rings is 1. The van der Waals surface area contributed by atoms with Gasteiger partial charge in [-0.1, -0.05) is 12.1 Å². The molecule has 0 unspecified atom stereocenters. The van der Waals surface area contributed by atoms with E-state index < -0.39 is 6.03 Å². The molecule has 0 spiro atoms. The fourth-order valence-electron chi connectivity index (χ4n) is 2.69. The van der Waals surface area contributed by atoms with Crippen molar-refractivity contribution in [1.29, 1.82) is 0 Å². The number of halogens is 1. The van der Waals surface area contributed by atoms with Crippen LogP contribution < -0.4 is 11.1 Å². The quantitative estimate of drug-likeness (QED) is 0.868. The Kier molecular flexibility index (Phi) is 5.75. The summed E-state index contributed by atoms with van der Waals surface area (Å²) in [4.78, 5) is 24.7. The maximum atomic E-state index is 12.8. The van der Waals surface area contributed by atoms with Crippen molar-refractivity contribution in [3.63, 3.8) is 0 Å². The standard InChI is InChI=1S/C16H22FN3O2/c17-14-4-1-12(2-5-14)3-6-15(21)20-9-7-13(8-10-20)11-19-16(18)22/h1-2,4-5,13H,3,6-11H2,(H3,18,19,22). The number of nitrogens with zero attached hydrogens (tertiary/aromatic N) is 1. The van der Waals surface area contributed by atoms with Crippen molar-refractivity contribution < 1.29 is 14.0 Å². The summed E-state index contributed by atoms with van der Waals surface area (Å²) in [7, 11) is 0. The largest absolute Gasteiger partial charge is 0.352 e. The monoisotopic (exact) mass is 307 g/mol. The Morgan fingerprint density at radius 1 is 1.23 bits per heavy atom. The smallest absolute Gasteiger partial charge is 0.312 e. The Morgan fingerprint density at radius 3 is 2.45 bits per heavy atom. The summed E-state index contributed by atoms with van der Waals surface area (Å²) < 4.78 is 12.8. The van der Waals surface area contributed by atoms with Gasteiger partial charge in [0.25, 0.3) is 0 Å². The van der Waals surface area contributed by atoms with Crippen molar-refractivity contribution in [3.8, 4) is 0 Å². The number of nitrogens with two attached hydrogens (primary N) is 1. The van der Waals surface area contributed by atoms with Gasteiger partial charge >= 0.3 is 6.03 Å². The van der Waals surface area contributed by atoms with Crippen LogP contribution in [-0.2, 0) is 11.2 Å². The van der Waals surface area contributed by atoms with Crippen LogP contribution in [0.3, 0.4) is 0 Å². The molecule has 0 radical (unpaired) electrons. The summed E-state index contributed by atoms with van der Waals surface area (Å²) in [6, 6.07) is 5.75. The first kappa shape index (κ1) is 16.3. The molecule has 120 valence electrons. The highest BCUT2D eigenvalue weighted by Gasteiger charge is 2.22. The van der Waals surface area contributed by atoms with E-state index in [1.54, 1.807) is 12.1 Å². The molecule has 1 aromatic carbocycles. The minimum absolute atomic E-state index is 0.130. The Morgan fingerprint density at radius 2 is 1.86 bits per heavy atom. The first-order valence-electron chi connectivity index (χ1n) is 7.60. The molecule has 1 aromatic rings. The first-order valence-corrected chi connectivity index (χ1v) is 7.60. The first-order chi connectivity index (χ1) is 10.5. The lowest BCUT2D eigenvalue weighted by Crippen LogP contribution is -2.42. The van der Waals surface area contributed by atoms with Crippen molar-refractivity contribution in [3.05, 3.63) is 35.6 Å². The van der Waals surface area contributed by atoms with E-state index in [1.807, 2.05) is 4.90 Å². The minimum Gasteiger partial charge on any atom is -0.352 e. The Hall–Kier alpha value is -2.11. The molecule has 0 bridgehead atoms. The highest BCUT2D eigenvalue weighted by atomic mass is 19.1. The lowest BCUT2D eigenvalue weighted by Gasteiger charge is -2.32. The van der Waals surface area contributed by atoms with E-state index in [9.17, 15) is 14.0 Å². The predicted octanol–water partition coefficient (Wildman–Crippen LogP) is 1.67. The number of nitrogens with one attached hydrogen (secondary N) is 1. The molecule has 0 aromatic heterocycles. The fourth-order valence-corrected chi connectivity index (χ4v) is 2.69. The summed E-state index contributed by atoms with van der Waals surface area (Å²) in [6.45, 7) is 2.01. The van der Waals surface area contributed by atoms with Gasteiger partial charge in [-0.05, 0) is 42.9 Å². The van der Waals surface area contributed by atoms with E-state index in [2.05, 4.69) is 5.32 Å². The van der Waals surface area contributed by atoms with Gasteiger partial charge in [-0.25, -0.2) is 9.18 Å². The molecular weight excluding hydrogens is 285 g/mol. The van der Waals surface area contributed by atoms with Gasteiger partial charge in [0.1, 0.15) is 5.82 Å². The van der Waals surface area contributed by atoms with Crippen LogP contribution in [-0.4, -0.2) is 36.5 Å². The molecule has 0 saturated carbocycles. The Labute approximate surface area is 129 Å². The zero-order valence-electron chi connectivity index (χ0n) is 12.6. The third kappa shape index (κ3) is 5.02. The van der Waals surface area contributed by atoms with Crippen LogP contribution in [0.4, 0.5) is 9.18 Å². The number of hydrogen-bond acceptors (Lipinski definition) is 2. The second-order valence-corrected chi connectivity index (χ2v) is 5.70. The van der Waals surface area contributed by atoms with Gasteiger partial charge < -0.3 is 16.0 Å². The molecule has 2 rings (SSSR count). The van der Waals surface area contributed by atoms with Crippen LogP contribution in [0.25, 0.3) is 0 Å². The van der Waals surface area contributed by atoms with Gasteiger partial charge in [0, 0.05) is 26.1 Å². The summed E-state index contributed by atoms with van der Waals surface area (Å²) in [5, 5.41) is 2.62. The molecule has 3 N–H and O–H groups in total. The summed E-state index contributed by atoms with van der Waals surface area (Å²) >= 11 is 0. The van der Waals surface area contributed by atoms with E-state index in [4.69, 9.17) is 5.73 Å². The predicted molar refractivity (Wildman–Crippen MR) is 81.6 cm³/mol. The van der Waals surface area contributed by atoms with E-state index in [0.717, 1.165) is 18.4 Å². The number of carbonyl (C=O) groups is 2. The van der Waals surface area contributed by atoms with Crippen molar-refractivity contribution in [2.75, 3.05) is 19.6 Å². The molecule has 1 fully saturated rings. The summed E-state index contributed by atoms with van der Waals surface area (Å²) in [5.41, 5.74) is 6.02. The fraction of sp³-hybridized carbons (Fsp3) is 0.500. The highest BCUT2D eigenvalue weighted by Crippen LogP contribution is 2.17. The average molecular weight is 307 g/mol. The third-order valence-corrected chi connectivity index (χ3v) is 4.07. The normalized spacial score (nSPS) is 15.6. The lowest BCUT2D eigenvalue weighted by molar-refractivity contribution is -0.132. The molecule has 1 aliphatic rings. The van der Waals surface area contributed by atoms with Crippen LogP contribution in [0.15, 0.2) is 24.3 Å².